The Morgan fingerprint density at radius 1 is 1.33 bits per heavy atom. The number of hydrogen-bond donors (Lipinski definition) is 2. The molecule has 0 saturated carbocycles. The molecule has 0 aromatic heterocycles. The Balaban J connectivity index is 1.88. The zero-order valence-electron chi connectivity index (χ0n) is 12.3. The van der Waals surface area contributed by atoms with E-state index in [4.69, 9.17) is 0 Å². The lowest BCUT2D eigenvalue weighted by molar-refractivity contribution is -0.145. The number of carboxylic acid groups (broad SMARTS) is 1. The summed E-state index contributed by atoms with van der Waals surface area (Å²) in [5.74, 6) is -0.920. The molecule has 2 N–H and O–H groups in total. The van der Waals surface area contributed by atoms with Crippen molar-refractivity contribution in [1.29, 1.82) is 0 Å². The zero-order chi connectivity index (χ0) is 15.2. The van der Waals surface area contributed by atoms with Crippen LogP contribution in [-0.4, -0.2) is 41.1 Å². The molecule has 1 aromatic rings. The number of nitrogens with one attached hydrogen (secondary N) is 1. The van der Waals surface area contributed by atoms with Crippen molar-refractivity contribution in [3.05, 3.63) is 35.9 Å². The number of piperidine rings is 1. The molecular weight excluding hydrogens is 268 g/mol. The Hall–Kier alpha value is -2.04. The fourth-order valence-corrected chi connectivity index (χ4v) is 2.85. The molecule has 0 radical (unpaired) electrons. The molecule has 1 saturated heterocycles. The van der Waals surface area contributed by atoms with Gasteiger partial charge >= 0.3 is 12.0 Å². The number of amides is 2. The van der Waals surface area contributed by atoms with Crippen LogP contribution in [-0.2, 0) is 11.2 Å². The number of carbonyl (C=O) groups is 2. The molecule has 21 heavy (non-hydrogen) atoms. The third kappa shape index (κ3) is 3.97. The average molecular weight is 290 g/mol. The minimum Gasteiger partial charge on any atom is -0.480 e. The lowest BCUT2D eigenvalue weighted by Crippen LogP contribution is -2.55. The summed E-state index contributed by atoms with van der Waals surface area (Å²) in [5.41, 5.74) is 1.15. The van der Waals surface area contributed by atoms with Crippen molar-refractivity contribution < 1.29 is 14.7 Å². The molecule has 0 spiro atoms. The fraction of sp³-hybridized carbons (Fsp3) is 0.500. The van der Waals surface area contributed by atoms with E-state index in [0.717, 1.165) is 24.8 Å². The van der Waals surface area contributed by atoms with Crippen LogP contribution in [0.3, 0.4) is 0 Å². The Bertz CT molecular complexity index is 490. The van der Waals surface area contributed by atoms with Crippen LogP contribution in [0.15, 0.2) is 30.3 Å². The maximum absolute atomic E-state index is 12.2. The number of carbonyl (C=O) groups excluding carboxylic acids is 1. The van der Waals surface area contributed by atoms with E-state index in [1.165, 1.54) is 4.90 Å². The maximum atomic E-state index is 12.2. The SMILES string of the molecule is CC1CCCN(C(=O)NCCc2ccccc2)C1C(=O)O. The topological polar surface area (TPSA) is 69.6 Å². The summed E-state index contributed by atoms with van der Waals surface area (Å²) in [6, 6.07) is 8.91. The van der Waals surface area contributed by atoms with Gasteiger partial charge in [-0.2, -0.15) is 0 Å². The van der Waals surface area contributed by atoms with Gasteiger partial charge in [0.05, 0.1) is 0 Å². The van der Waals surface area contributed by atoms with Crippen molar-refractivity contribution in [2.24, 2.45) is 5.92 Å². The summed E-state index contributed by atoms with van der Waals surface area (Å²) in [6.07, 6.45) is 2.45. The lowest BCUT2D eigenvalue weighted by atomic mass is 9.91. The second-order valence-electron chi connectivity index (χ2n) is 5.56. The van der Waals surface area contributed by atoms with Gasteiger partial charge in [-0.15, -0.1) is 0 Å². The van der Waals surface area contributed by atoms with Crippen molar-refractivity contribution in [2.45, 2.75) is 32.2 Å². The van der Waals surface area contributed by atoms with E-state index in [9.17, 15) is 14.7 Å². The second-order valence-corrected chi connectivity index (χ2v) is 5.56. The molecule has 2 atom stereocenters. The van der Waals surface area contributed by atoms with Gasteiger partial charge in [0.25, 0.3) is 0 Å². The van der Waals surface area contributed by atoms with Crippen molar-refractivity contribution in [1.82, 2.24) is 10.2 Å². The van der Waals surface area contributed by atoms with E-state index < -0.39 is 12.0 Å². The Labute approximate surface area is 125 Å². The molecule has 1 fully saturated rings. The smallest absolute Gasteiger partial charge is 0.326 e. The van der Waals surface area contributed by atoms with Crippen molar-refractivity contribution in [3.8, 4) is 0 Å². The van der Waals surface area contributed by atoms with Crippen LogP contribution in [0.4, 0.5) is 4.79 Å². The fourth-order valence-electron chi connectivity index (χ4n) is 2.85. The Kier molecular flexibility index (Phi) is 5.20. The number of likely N-dealkylation sites (tertiary alicyclic amines) is 1. The van der Waals surface area contributed by atoms with Gasteiger partial charge in [0.2, 0.25) is 0 Å². The largest absolute Gasteiger partial charge is 0.480 e. The summed E-state index contributed by atoms with van der Waals surface area (Å²) >= 11 is 0. The number of aliphatic carboxylic acids is 1. The lowest BCUT2D eigenvalue weighted by Gasteiger charge is -2.37. The molecule has 2 amide bonds. The van der Waals surface area contributed by atoms with Gasteiger partial charge in [-0.3, -0.25) is 0 Å². The first-order valence-corrected chi connectivity index (χ1v) is 7.41. The van der Waals surface area contributed by atoms with E-state index >= 15 is 0 Å². The monoisotopic (exact) mass is 290 g/mol. The maximum Gasteiger partial charge on any atom is 0.326 e. The van der Waals surface area contributed by atoms with Gasteiger partial charge in [-0.1, -0.05) is 37.3 Å². The highest BCUT2D eigenvalue weighted by atomic mass is 16.4. The molecule has 1 aliphatic rings. The summed E-state index contributed by atoms with van der Waals surface area (Å²) in [4.78, 5) is 25.0. The first-order chi connectivity index (χ1) is 10.1. The van der Waals surface area contributed by atoms with Gasteiger partial charge in [-0.25, -0.2) is 9.59 Å². The number of hydrogen-bond acceptors (Lipinski definition) is 2. The highest BCUT2D eigenvalue weighted by Gasteiger charge is 2.36. The van der Waals surface area contributed by atoms with Crippen molar-refractivity contribution >= 4 is 12.0 Å². The molecule has 0 bridgehead atoms. The van der Waals surface area contributed by atoms with Crippen LogP contribution in [0.5, 0.6) is 0 Å². The van der Waals surface area contributed by atoms with Crippen LogP contribution in [0, 0.1) is 5.92 Å². The summed E-state index contributed by atoms with van der Waals surface area (Å²) in [7, 11) is 0. The molecule has 5 heteroatoms. The molecule has 2 rings (SSSR count). The zero-order valence-corrected chi connectivity index (χ0v) is 12.3. The van der Waals surface area contributed by atoms with Crippen LogP contribution in [0.25, 0.3) is 0 Å². The number of rotatable bonds is 4. The van der Waals surface area contributed by atoms with E-state index in [0.29, 0.717) is 13.1 Å². The highest BCUT2D eigenvalue weighted by molar-refractivity contribution is 5.83. The summed E-state index contributed by atoms with van der Waals surface area (Å²) in [6.45, 7) is 2.92. The van der Waals surface area contributed by atoms with Crippen LogP contribution >= 0.6 is 0 Å². The molecular formula is C16H22N2O3. The molecule has 1 aromatic carbocycles. The third-order valence-corrected chi connectivity index (χ3v) is 3.98. The molecule has 0 aliphatic carbocycles. The molecule has 2 unspecified atom stereocenters. The first-order valence-electron chi connectivity index (χ1n) is 7.41. The van der Waals surface area contributed by atoms with E-state index in [1.54, 1.807) is 0 Å². The van der Waals surface area contributed by atoms with Crippen LogP contribution in [0.1, 0.15) is 25.3 Å². The standard InChI is InChI=1S/C16H22N2O3/c1-12-6-5-11-18(14(12)15(19)20)16(21)17-10-9-13-7-3-2-4-8-13/h2-4,7-8,12,14H,5-6,9-11H2,1H3,(H,17,21)(H,19,20). The minimum absolute atomic E-state index is 0.00359. The summed E-state index contributed by atoms with van der Waals surface area (Å²) in [5, 5.41) is 12.1. The van der Waals surface area contributed by atoms with Gasteiger partial charge in [0.1, 0.15) is 6.04 Å². The molecule has 5 nitrogen and oxygen atoms in total. The van der Waals surface area contributed by atoms with Crippen LogP contribution in [0.2, 0.25) is 0 Å². The van der Waals surface area contributed by atoms with E-state index in [1.807, 2.05) is 37.3 Å². The predicted octanol–water partition coefficient (Wildman–Crippen LogP) is 2.12. The van der Waals surface area contributed by atoms with Gasteiger partial charge in [-0.05, 0) is 30.7 Å². The Morgan fingerprint density at radius 3 is 2.71 bits per heavy atom. The number of carboxylic acids is 1. The normalized spacial score (nSPS) is 21.9. The van der Waals surface area contributed by atoms with Crippen molar-refractivity contribution in [2.75, 3.05) is 13.1 Å². The van der Waals surface area contributed by atoms with Gasteiger partial charge in [0, 0.05) is 13.1 Å². The van der Waals surface area contributed by atoms with Gasteiger partial charge in [0.15, 0.2) is 0 Å². The highest BCUT2D eigenvalue weighted by Crippen LogP contribution is 2.23. The van der Waals surface area contributed by atoms with E-state index in [2.05, 4.69) is 5.32 Å². The van der Waals surface area contributed by atoms with E-state index in [-0.39, 0.29) is 11.9 Å². The number of benzene rings is 1. The first kappa shape index (κ1) is 15.4. The van der Waals surface area contributed by atoms with Crippen LogP contribution < -0.4 is 5.32 Å². The quantitative estimate of drug-likeness (QED) is 0.892. The van der Waals surface area contributed by atoms with Crippen molar-refractivity contribution in [3.63, 3.8) is 0 Å². The average Bonchev–Trinajstić information content (AvgIpc) is 2.47. The molecule has 1 heterocycles. The molecule has 1 aliphatic heterocycles. The third-order valence-electron chi connectivity index (χ3n) is 3.98. The predicted molar refractivity (Wildman–Crippen MR) is 80.1 cm³/mol. The minimum atomic E-state index is -0.916. The Morgan fingerprint density at radius 2 is 2.05 bits per heavy atom. The van der Waals surface area contributed by atoms with Gasteiger partial charge < -0.3 is 15.3 Å². The summed E-state index contributed by atoms with van der Waals surface area (Å²) < 4.78 is 0. The molecule has 114 valence electrons. The number of urea groups is 1. The number of nitrogens with zero attached hydrogens (tertiary/aromatic N) is 1. The second kappa shape index (κ2) is 7.11.